The molecule has 0 atom stereocenters. The van der Waals surface area contributed by atoms with Gasteiger partial charge in [-0.15, -0.1) is 11.3 Å². The molecule has 3 N–H and O–H groups in total. The van der Waals surface area contributed by atoms with E-state index < -0.39 is 0 Å². The fourth-order valence-corrected chi connectivity index (χ4v) is 6.13. The average Bonchev–Trinajstić information content (AvgIpc) is 3.74. The van der Waals surface area contributed by atoms with Crippen molar-refractivity contribution in [1.29, 1.82) is 0 Å². The van der Waals surface area contributed by atoms with Crippen molar-refractivity contribution in [2.45, 2.75) is 32.6 Å². The van der Waals surface area contributed by atoms with Gasteiger partial charge < -0.3 is 10.3 Å². The van der Waals surface area contributed by atoms with Gasteiger partial charge in [0, 0.05) is 39.0 Å². The number of fused-ring (bicyclic) bond motifs is 2. The number of nitrogens with one attached hydrogen (secondary N) is 3. The third kappa shape index (κ3) is 4.05. The molecule has 7 rings (SSSR count). The van der Waals surface area contributed by atoms with E-state index in [1.165, 1.54) is 30.6 Å². The first-order valence-electron chi connectivity index (χ1n) is 12.8. The lowest BCUT2D eigenvalue weighted by Crippen LogP contribution is -2.07. The summed E-state index contributed by atoms with van der Waals surface area (Å²) in [5.74, 6) is 1.16. The summed E-state index contributed by atoms with van der Waals surface area (Å²) in [5, 5.41) is 11.1. The van der Waals surface area contributed by atoms with Crippen molar-refractivity contribution in [1.82, 2.24) is 35.1 Å². The minimum Gasteiger partial charge on any atom is -0.358 e. The van der Waals surface area contributed by atoms with Gasteiger partial charge in [0.25, 0.3) is 0 Å². The number of allylic oxidation sites excluding steroid dienone is 1. The zero-order chi connectivity index (χ0) is 25.6. The zero-order valence-corrected chi connectivity index (χ0v) is 21.8. The van der Waals surface area contributed by atoms with E-state index in [0.29, 0.717) is 17.4 Å². The van der Waals surface area contributed by atoms with Crippen molar-refractivity contribution in [3.8, 4) is 33.2 Å². The number of imidazole rings is 1. The number of aromatic amines is 2. The highest BCUT2D eigenvalue weighted by Crippen LogP contribution is 2.35. The highest BCUT2D eigenvalue weighted by Gasteiger charge is 2.19. The second-order valence-corrected chi connectivity index (χ2v) is 11.1. The summed E-state index contributed by atoms with van der Waals surface area (Å²) in [6.45, 7) is 6.38. The highest BCUT2D eigenvalue weighted by atomic mass is 32.1. The van der Waals surface area contributed by atoms with Crippen LogP contribution in [0, 0.1) is 12.8 Å². The van der Waals surface area contributed by atoms with Crippen LogP contribution in [0.3, 0.4) is 0 Å². The lowest BCUT2D eigenvalue weighted by molar-refractivity contribution is 0.649. The summed E-state index contributed by atoms with van der Waals surface area (Å²) >= 11 is 1.74. The Morgan fingerprint density at radius 1 is 1.05 bits per heavy atom. The molecule has 0 aliphatic heterocycles. The second kappa shape index (κ2) is 9.18. The Morgan fingerprint density at radius 3 is 2.79 bits per heavy atom. The molecule has 188 valence electrons. The number of thiophene rings is 1. The monoisotopic (exact) mass is 518 g/mol. The first-order valence-corrected chi connectivity index (χ1v) is 13.6. The molecule has 38 heavy (non-hydrogen) atoms. The summed E-state index contributed by atoms with van der Waals surface area (Å²) in [7, 11) is 0. The Hall–Kier alpha value is -4.37. The minimum atomic E-state index is 0.532. The Bertz CT molecular complexity index is 1800. The Kier molecular flexibility index (Phi) is 5.51. The van der Waals surface area contributed by atoms with Crippen LogP contribution in [0.1, 0.15) is 30.6 Å². The maximum absolute atomic E-state index is 4.97. The van der Waals surface area contributed by atoms with E-state index in [0.717, 1.165) is 55.3 Å². The number of rotatable bonds is 6. The molecule has 1 aliphatic carbocycles. The number of anilines is 1. The first-order chi connectivity index (χ1) is 18.6. The summed E-state index contributed by atoms with van der Waals surface area (Å²) in [4.78, 5) is 24.6. The molecule has 1 aliphatic rings. The van der Waals surface area contributed by atoms with Crippen LogP contribution in [0.4, 0.5) is 5.69 Å². The molecule has 0 radical (unpaired) electrons. The summed E-state index contributed by atoms with van der Waals surface area (Å²) in [5.41, 5.74) is 8.56. The Balaban J connectivity index is 1.24. The normalized spacial score (nSPS) is 14.0. The van der Waals surface area contributed by atoms with Crippen LogP contribution >= 0.6 is 11.3 Å². The summed E-state index contributed by atoms with van der Waals surface area (Å²) < 4.78 is 0. The van der Waals surface area contributed by atoms with E-state index in [4.69, 9.17) is 9.97 Å². The molecule has 6 heterocycles. The van der Waals surface area contributed by atoms with Crippen LogP contribution in [0.15, 0.2) is 67.3 Å². The maximum Gasteiger partial charge on any atom is 0.162 e. The highest BCUT2D eigenvalue weighted by molar-refractivity contribution is 7.15. The third-order valence-electron chi connectivity index (χ3n) is 7.21. The Morgan fingerprint density at radius 2 is 1.95 bits per heavy atom. The topological polar surface area (TPSA) is 108 Å². The molecular weight excluding hydrogens is 492 g/mol. The van der Waals surface area contributed by atoms with Gasteiger partial charge in [0.2, 0.25) is 0 Å². The fourth-order valence-electron chi connectivity index (χ4n) is 5.24. The predicted octanol–water partition coefficient (Wildman–Crippen LogP) is 7.11. The molecule has 0 amide bonds. The van der Waals surface area contributed by atoms with Gasteiger partial charge in [-0.25, -0.2) is 15.0 Å². The van der Waals surface area contributed by atoms with Gasteiger partial charge in [-0.2, -0.15) is 5.10 Å². The van der Waals surface area contributed by atoms with Crippen molar-refractivity contribution in [3.63, 3.8) is 0 Å². The number of pyridine rings is 3. The molecule has 6 aromatic heterocycles. The van der Waals surface area contributed by atoms with Crippen LogP contribution in [-0.2, 0) is 0 Å². The van der Waals surface area contributed by atoms with Crippen molar-refractivity contribution in [2.75, 3.05) is 5.32 Å². The molecule has 0 bridgehead atoms. The van der Waals surface area contributed by atoms with Gasteiger partial charge in [-0.05, 0) is 62.1 Å². The second-order valence-electron chi connectivity index (χ2n) is 9.81. The molecule has 0 spiro atoms. The SMILES string of the molecule is C=C(Nc1cncc(-c2ccc3[nH]nc(-c4nc5c(-c6ccc(C)s6)ccnc5[nH]4)c3n2)c1)C1CCCC1. The van der Waals surface area contributed by atoms with Gasteiger partial charge in [-0.3, -0.25) is 10.1 Å². The van der Waals surface area contributed by atoms with E-state index in [1.54, 1.807) is 11.3 Å². The molecule has 0 saturated heterocycles. The molecular formula is C29H26N8S. The molecule has 8 nitrogen and oxygen atoms in total. The fraction of sp³-hybridized carbons (Fsp3) is 0.207. The predicted molar refractivity (Wildman–Crippen MR) is 153 cm³/mol. The summed E-state index contributed by atoms with van der Waals surface area (Å²) in [6, 6.07) is 12.3. The van der Waals surface area contributed by atoms with Gasteiger partial charge in [0.05, 0.1) is 23.1 Å². The van der Waals surface area contributed by atoms with Crippen molar-refractivity contribution in [3.05, 3.63) is 72.1 Å². The molecule has 1 saturated carbocycles. The van der Waals surface area contributed by atoms with E-state index in [2.05, 4.69) is 62.2 Å². The smallest absolute Gasteiger partial charge is 0.162 e. The number of hydrogen-bond donors (Lipinski definition) is 3. The lowest BCUT2D eigenvalue weighted by Gasteiger charge is -2.15. The summed E-state index contributed by atoms with van der Waals surface area (Å²) in [6.07, 6.45) is 10.4. The van der Waals surface area contributed by atoms with Crippen molar-refractivity contribution < 1.29 is 0 Å². The van der Waals surface area contributed by atoms with Gasteiger partial charge in [0.15, 0.2) is 17.2 Å². The van der Waals surface area contributed by atoms with Crippen LogP contribution < -0.4 is 5.32 Å². The maximum atomic E-state index is 4.97. The number of aryl methyl sites for hydroxylation is 1. The molecule has 1 fully saturated rings. The van der Waals surface area contributed by atoms with Gasteiger partial charge >= 0.3 is 0 Å². The van der Waals surface area contributed by atoms with E-state index >= 15 is 0 Å². The van der Waals surface area contributed by atoms with Crippen LogP contribution in [0.5, 0.6) is 0 Å². The standard InChI is InChI=1S/C29H26N8S/c1-16-7-10-24(38-16)21-11-12-31-28-25(21)34-29(35-28)27-26-23(36-37-27)9-8-22(33-26)19-13-20(15-30-14-19)32-17(2)18-5-3-4-6-18/h7-15,18,32H,2-6H2,1H3,(H,36,37)(H,31,34,35). The van der Waals surface area contributed by atoms with Gasteiger partial charge in [-0.1, -0.05) is 19.4 Å². The molecule has 6 aromatic rings. The van der Waals surface area contributed by atoms with Crippen LogP contribution in [0.25, 0.3) is 55.4 Å². The lowest BCUT2D eigenvalue weighted by atomic mass is 10.0. The Labute approximate surface area is 223 Å². The quantitative estimate of drug-likeness (QED) is 0.217. The van der Waals surface area contributed by atoms with E-state index in [-0.39, 0.29) is 0 Å². The van der Waals surface area contributed by atoms with Crippen molar-refractivity contribution >= 4 is 39.2 Å². The third-order valence-corrected chi connectivity index (χ3v) is 8.24. The van der Waals surface area contributed by atoms with Gasteiger partial charge in [0.1, 0.15) is 11.0 Å². The number of aromatic nitrogens is 7. The average molecular weight is 519 g/mol. The van der Waals surface area contributed by atoms with Crippen molar-refractivity contribution in [2.24, 2.45) is 5.92 Å². The number of nitrogens with zero attached hydrogens (tertiary/aromatic N) is 5. The van der Waals surface area contributed by atoms with Crippen LogP contribution in [0.2, 0.25) is 0 Å². The first kappa shape index (κ1) is 22.8. The molecule has 9 heteroatoms. The van der Waals surface area contributed by atoms with E-state index in [1.807, 2.05) is 36.8 Å². The van der Waals surface area contributed by atoms with Crippen LogP contribution in [-0.4, -0.2) is 35.1 Å². The minimum absolute atomic E-state index is 0.532. The molecule has 0 unspecified atom stereocenters. The zero-order valence-electron chi connectivity index (χ0n) is 21.0. The largest absolute Gasteiger partial charge is 0.358 e. The number of H-pyrrole nitrogens is 2. The number of hydrogen-bond acceptors (Lipinski definition) is 7. The molecule has 0 aromatic carbocycles. The van der Waals surface area contributed by atoms with E-state index in [9.17, 15) is 0 Å².